The number of fused-ring (bicyclic) bond motifs is 1. The van der Waals surface area contributed by atoms with Gasteiger partial charge in [-0.3, -0.25) is 4.79 Å². The van der Waals surface area contributed by atoms with Crippen LogP contribution in [0.1, 0.15) is 16.1 Å². The van der Waals surface area contributed by atoms with Gasteiger partial charge < -0.3 is 19.1 Å². The molecule has 1 aliphatic rings. The van der Waals surface area contributed by atoms with Gasteiger partial charge in [0.1, 0.15) is 11.4 Å². The van der Waals surface area contributed by atoms with Gasteiger partial charge in [0, 0.05) is 37.8 Å². The maximum absolute atomic E-state index is 12.6. The van der Waals surface area contributed by atoms with E-state index in [-0.39, 0.29) is 17.9 Å². The third kappa shape index (κ3) is 4.97. The lowest BCUT2D eigenvalue weighted by Crippen LogP contribution is -2.55. The highest BCUT2D eigenvalue weighted by Crippen LogP contribution is 2.30. The SMILES string of the molecule is COCCOC1CN(C(=O)c2ccc3cc(Oc4ccc(C(F)(F)F)cn4)ccc3n2)C1. The number of likely N-dealkylation sites (tertiary alicyclic amines) is 1. The van der Waals surface area contributed by atoms with Crippen LogP contribution >= 0.6 is 0 Å². The first-order valence-corrected chi connectivity index (χ1v) is 9.85. The molecule has 0 radical (unpaired) electrons. The number of hydrogen-bond donors (Lipinski definition) is 0. The number of alkyl halides is 3. The predicted molar refractivity (Wildman–Crippen MR) is 109 cm³/mol. The molecule has 0 aliphatic carbocycles. The molecule has 32 heavy (non-hydrogen) atoms. The van der Waals surface area contributed by atoms with E-state index in [4.69, 9.17) is 14.2 Å². The molecule has 1 aliphatic heterocycles. The van der Waals surface area contributed by atoms with Gasteiger partial charge >= 0.3 is 6.18 Å². The summed E-state index contributed by atoms with van der Waals surface area (Å²) in [6.45, 7) is 2.02. The van der Waals surface area contributed by atoms with Crippen molar-refractivity contribution in [3.63, 3.8) is 0 Å². The average molecular weight is 447 g/mol. The van der Waals surface area contributed by atoms with Crippen LogP contribution < -0.4 is 4.74 Å². The summed E-state index contributed by atoms with van der Waals surface area (Å²) in [5.74, 6) is 0.259. The molecule has 3 aromatic rings. The Morgan fingerprint density at radius 1 is 1.12 bits per heavy atom. The predicted octanol–water partition coefficient (Wildman–Crippen LogP) is 3.93. The van der Waals surface area contributed by atoms with Gasteiger partial charge in [0.25, 0.3) is 5.91 Å². The Morgan fingerprint density at radius 2 is 1.94 bits per heavy atom. The fourth-order valence-electron chi connectivity index (χ4n) is 3.18. The summed E-state index contributed by atoms with van der Waals surface area (Å²) in [5, 5.41) is 0.718. The second kappa shape index (κ2) is 9.09. The minimum absolute atomic E-state index is 0.00747. The number of aromatic nitrogens is 2. The van der Waals surface area contributed by atoms with Gasteiger partial charge in [-0.05, 0) is 30.3 Å². The van der Waals surface area contributed by atoms with Gasteiger partial charge in [0.2, 0.25) is 5.88 Å². The van der Waals surface area contributed by atoms with E-state index in [2.05, 4.69) is 9.97 Å². The Kier molecular flexibility index (Phi) is 6.24. The highest BCUT2D eigenvalue weighted by Gasteiger charge is 2.32. The van der Waals surface area contributed by atoms with Crippen molar-refractivity contribution in [3.8, 4) is 11.6 Å². The Morgan fingerprint density at radius 3 is 2.62 bits per heavy atom. The van der Waals surface area contributed by atoms with E-state index >= 15 is 0 Å². The molecule has 1 fully saturated rings. The summed E-state index contributed by atoms with van der Waals surface area (Å²) in [6.07, 6.45) is -3.73. The highest BCUT2D eigenvalue weighted by molar-refractivity contribution is 5.95. The van der Waals surface area contributed by atoms with Gasteiger partial charge in [-0.25, -0.2) is 9.97 Å². The van der Waals surface area contributed by atoms with Crippen LogP contribution in [0, 0.1) is 0 Å². The Bertz CT molecular complexity index is 1100. The molecule has 10 heteroatoms. The van der Waals surface area contributed by atoms with E-state index in [9.17, 15) is 18.0 Å². The van der Waals surface area contributed by atoms with E-state index in [0.29, 0.717) is 43.3 Å². The lowest BCUT2D eigenvalue weighted by atomic mass is 10.1. The number of halogens is 3. The Hall–Kier alpha value is -3.24. The fourth-order valence-corrected chi connectivity index (χ4v) is 3.18. The number of methoxy groups -OCH3 is 1. The first kappa shape index (κ1) is 22.0. The smallest absolute Gasteiger partial charge is 0.417 e. The van der Waals surface area contributed by atoms with Crippen LogP contribution in [-0.2, 0) is 15.7 Å². The second-order valence-electron chi connectivity index (χ2n) is 7.23. The topological polar surface area (TPSA) is 73.8 Å². The number of hydrogen-bond acceptors (Lipinski definition) is 6. The number of benzene rings is 1. The molecule has 0 saturated carbocycles. The minimum atomic E-state index is -4.46. The Labute approximate surface area is 181 Å². The summed E-state index contributed by atoms with van der Waals surface area (Å²) in [7, 11) is 1.60. The third-order valence-electron chi connectivity index (χ3n) is 4.94. The molecule has 1 amide bonds. The normalized spacial score (nSPS) is 14.4. The largest absolute Gasteiger partial charge is 0.439 e. The van der Waals surface area contributed by atoms with Gasteiger partial charge in [-0.15, -0.1) is 0 Å². The lowest BCUT2D eigenvalue weighted by Gasteiger charge is -2.38. The number of ether oxygens (including phenoxy) is 3. The van der Waals surface area contributed by atoms with Gasteiger partial charge in [0.15, 0.2) is 0 Å². The van der Waals surface area contributed by atoms with E-state index in [1.807, 2.05) is 0 Å². The molecule has 0 bridgehead atoms. The van der Waals surface area contributed by atoms with Crippen LogP contribution in [-0.4, -0.2) is 60.3 Å². The zero-order chi connectivity index (χ0) is 22.7. The molecular formula is C22H20F3N3O4. The van der Waals surface area contributed by atoms with Crippen LogP contribution in [0.15, 0.2) is 48.7 Å². The van der Waals surface area contributed by atoms with Crippen LogP contribution in [0.2, 0.25) is 0 Å². The first-order chi connectivity index (χ1) is 15.3. The average Bonchev–Trinajstić information content (AvgIpc) is 2.74. The van der Waals surface area contributed by atoms with E-state index in [0.717, 1.165) is 23.7 Å². The molecule has 4 rings (SSSR count). The van der Waals surface area contributed by atoms with Crippen LogP contribution in [0.5, 0.6) is 11.6 Å². The highest BCUT2D eigenvalue weighted by atomic mass is 19.4. The molecule has 0 unspecified atom stereocenters. The maximum Gasteiger partial charge on any atom is 0.417 e. The fraction of sp³-hybridized carbons (Fsp3) is 0.318. The Balaban J connectivity index is 1.40. The number of nitrogens with zero attached hydrogens (tertiary/aromatic N) is 3. The third-order valence-corrected chi connectivity index (χ3v) is 4.94. The number of rotatable bonds is 7. The van der Waals surface area contributed by atoms with Crippen molar-refractivity contribution in [1.82, 2.24) is 14.9 Å². The monoisotopic (exact) mass is 447 g/mol. The van der Waals surface area contributed by atoms with Crippen molar-refractivity contribution in [2.45, 2.75) is 12.3 Å². The van der Waals surface area contributed by atoms with Gasteiger partial charge in [0.05, 0.1) is 30.4 Å². The first-order valence-electron chi connectivity index (χ1n) is 9.85. The molecule has 0 N–H and O–H groups in total. The van der Waals surface area contributed by atoms with Crippen molar-refractivity contribution in [1.29, 1.82) is 0 Å². The number of carbonyl (C=O) groups excluding carboxylic acids is 1. The zero-order valence-electron chi connectivity index (χ0n) is 17.1. The molecule has 1 saturated heterocycles. The lowest BCUT2D eigenvalue weighted by molar-refractivity contribution is -0.137. The van der Waals surface area contributed by atoms with Crippen molar-refractivity contribution >= 4 is 16.8 Å². The minimum Gasteiger partial charge on any atom is -0.439 e. The molecule has 2 aromatic heterocycles. The van der Waals surface area contributed by atoms with Crippen molar-refractivity contribution in [2.75, 3.05) is 33.4 Å². The van der Waals surface area contributed by atoms with E-state index in [1.54, 1.807) is 42.3 Å². The molecule has 168 valence electrons. The molecule has 7 nitrogen and oxygen atoms in total. The van der Waals surface area contributed by atoms with Crippen LogP contribution in [0.4, 0.5) is 13.2 Å². The molecule has 1 aromatic carbocycles. The number of carbonyl (C=O) groups is 1. The summed E-state index contributed by atoms with van der Waals surface area (Å²) < 4.78 is 54.0. The molecular weight excluding hydrogens is 427 g/mol. The molecule has 0 spiro atoms. The maximum atomic E-state index is 12.6. The second-order valence-corrected chi connectivity index (χ2v) is 7.23. The van der Waals surface area contributed by atoms with Gasteiger partial charge in [-0.2, -0.15) is 13.2 Å². The van der Waals surface area contributed by atoms with Crippen LogP contribution in [0.25, 0.3) is 10.9 Å². The standard InChI is InChI=1S/C22H20F3N3O4/c1-30-8-9-31-17-12-28(13-17)21(29)19-5-2-14-10-16(4-6-18(14)27-19)32-20-7-3-15(11-26-20)22(23,24)25/h2-7,10-11,17H,8-9,12-13H2,1H3. The van der Waals surface area contributed by atoms with Crippen molar-refractivity contribution in [2.24, 2.45) is 0 Å². The summed E-state index contributed by atoms with van der Waals surface area (Å²) in [4.78, 5) is 22.4. The van der Waals surface area contributed by atoms with Crippen molar-refractivity contribution < 1.29 is 32.2 Å². The van der Waals surface area contributed by atoms with E-state index < -0.39 is 11.7 Å². The zero-order valence-corrected chi connectivity index (χ0v) is 17.1. The number of amides is 1. The summed E-state index contributed by atoms with van der Waals surface area (Å²) in [6, 6.07) is 10.4. The van der Waals surface area contributed by atoms with E-state index in [1.165, 1.54) is 0 Å². The quantitative estimate of drug-likeness (QED) is 0.511. The number of pyridine rings is 2. The van der Waals surface area contributed by atoms with Gasteiger partial charge in [-0.1, -0.05) is 6.07 Å². The van der Waals surface area contributed by atoms with Crippen LogP contribution in [0.3, 0.4) is 0 Å². The molecule has 3 heterocycles. The summed E-state index contributed by atoms with van der Waals surface area (Å²) >= 11 is 0. The molecule has 0 atom stereocenters. The van der Waals surface area contributed by atoms with Crippen molar-refractivity contribution in [3.05, 3.63) is 59.9 Å². The summed E-state index contributed by atoms with van der Waals surface area (Å²) in [5.41, 5.74) is 0.0720.